The molecule has 128 valence electrons. The lowest BCUT2D eigenvalue weighted by atomic mass is 9.88. The number of rotatable bonds is 4. The predicted molar refractivity (Wildman–Crippen MR) is 100 cm³/mol. The number of imidazole rings is 1. The summed E-state index contributed by atoms with van der Waals surface area (Å²) in [5.41, 5.74) is 3.88. The van der Waals surface area contributed by atoms with Gasteiger partial charge in [-0.3, -0.25) is 4.79 Å². The molecule has 1 aromatic heterocycles. The van der Waals surface area contributed by atoms with E-state index >= 15 is 0 Å². The van der Waals surface area contributed by atoms with E-state index < -0.39 is 0 Å². The minimum Gasteiger partial charge on any atom is -0.327 e. The van der Waals surface area contributed by atoms with Crippen LogP contribution in [0.3, 0.4) is 0 Å². The lowest BCUT2D eigenvalue weighted by Crippen LogP contribution is -2.48. The topological polar surface area (TPSA) is 59.0 Å². The van der Waals surface area contributed by atoms with Crippen molar-refractivity contribution in [3.8, 4) is 11.4 Å². The molecule has 1 aliphatic rings. The van der Waals surface area contributed by atoms with Crippen molar-refractivity contribution in [3.63, 3.8) is 0 Å². The Labute approximate surface area is 147 Å². The normalized spacial score (nSPS) is 15.8. The van der Waals surface area contributed by atoms with Gasteiger partial charge in [0.2, 0.25) is 5.91 Å². The highest BCUT2D eigenvalue weighted by Crippen LogP contribution is 2.26. The number of nitrogens with one attached hydrogen (secondary N) is 2. The third kappa shape index (κ3) is 2.91. The van der Waals surface area contributed by atoms with Crippen molar-refractivity contribution in [2.45, 2.75) is 6.92 Å². The van der Waals surface area contributed by atoms with Crippen LogP contribution >= 0.6 is 0 Å². The molecule has 1 amide bonds. The summed E-state index contributed by atoms with van der Waals surface area (Å²) in [6, 6.07) is 16.0. The first-order chi connectivity index (χ1) is 12.1. The Morgan fingerprint density at radius 2 is 2.04 bits per heavy atom. The Morgan fingerprint density at radius 3 is 2.76 bits per heavy atom. The van der Waals surface area contributed by atoms with Gasteiger partial charge in [-0.2, -0.15) is 0 Å². The molecule has 2 aromatic carbocycles. The summed E-state index contributed by atoms with van der Waals surface area (Å²) >= 11 is 0. The number of carbonyl (C=O) groups is 1. The van der Waals surface area contributed by atoms with Crippen molar-refractivity contribution >= 4 is 22.6 Å². The van der Waals surface area contributed by atoms with Gasteiger partial charge in [-0.1, -0.05) is 31.2 Å². The van der Waals surface area contributed by atoms with E-state index in [0.29, 0.717) is 5.92 Å². The number of aryl methyl sites for hydroxylation is 1. The van der Waals surface area contributed by atoms with Gasteiger partial charge >= 0.3 is 0 Å². The van der Waals surface area contributed by atoms with Gasteiger partial charge in [0.1, 0.15) is 5.82 Å². The minimum atomic E-state index is 0.0145. The average Bonchev–Trinajstić information content (AvgIpc) is 2.91. The predicted octanol–water partition coefficient (Wildman–Crippen LogP) is 3.03. The van der Waals surface area contributed by atoms with Gasteiger partial charge in [0.05, 0.1) is 11.0 Å². The van der Waals surface area contributed by atoms with E-state index in [1.54, 1.807) is 0 Å². The highest BCUT2D eigenvalue weighted by atomic mass is 16.1. The quantitative estimate of drug-likeness (QED) is 0.771. The van der Waals surface area contributed by atoms with E-state index in [9.17, 15) is 4.79 Å². The van der Waals surface area contributed by atoms with Gasteiger partial charge in [0, 0.05) is 24.2 Å². The second kappa shape index (κ2) is 6.33. The third-order valence-electron chi connectivity index (χ3n) is 5.11. The second-order valence-corrected chi connectivity index (χ2v) is 6.76. The van der Waals surface area contributed by atoms with Crippen molar-refractivity contribution in [1.29, 1.82) is 0 Å². The molecule has 0 radical (unpaired) electrons. The zero-order valence-corrected chi connectivity index (χ0v) is 14.5. The van der Waals surface area contributed by atoms with Crippen LogP contribution in [0.25, 0.3) is 22.4 Å². The minimum absolute atomic E-state index is 0.0145. The largest absolute Gasteiger partial charge is 0.327 e. The summed E-state index contributed by atoms with van der Waals surface area (Å²) in [5.74, 6) is 1.42. The molecule has 1 atom stereocenters. The van der Waals surface area contributed by atoms with Crippen molar-refractivity contribution in [3.05, 3.63) is 48.5 Å². The molecule has 4 rings (SSSR count). The summed E-state index contributed by atoms with van der Waals surface area (Å²) in [6.45, 7) is 3.85. The lowest BCUT2D eigenvalue weighted by molar-refractivity contribution is -0.121. The Hall–Kier alpha value is -2.66. The van der Waals surface area contributed by atoms with Crippen molar-refractivity contribution < 1.29 is 4.79 Å². The number of amides is 1. The van der Waals surface area contributed by atoms with Crippen molar-refractivity contribution in [2.75, 3.05) is 18.4 Å². The van der Waals surface area contributed by atoms with Gasteiger partial charge in [-0.05, 0) is 43.3 Å². The molecule has 2 N–H and O–H groups in total. The van der Waals surface area contributed by atoms with E-state index in [2.05, 4.69) is 21.3 Å². The molecular weight excluding hydrogens is 312 g/mol. The number of para-hydroxylation sites is 2. The Bertz CT molecular complexity index is 926. The lowest BCUT2D eigenvalue weighted by Gasteiger charge is -2.31. The maximum atomic E-state index is 12.4. The number of hydrogen-bond acceptors (Lipinski definition) is 3. The fourth-order valence-corrected chi connectivity index (χ4v) is 3.27. The van der Waals surface area contributed by atoms with Gasteiger partial charge in [-0.15, -0.1) is 0 Å². The van der Waals surface area contributed by atoms with Crippen LogP contribution in [0, 0.1) is 11.8 Å². The van der Waals surface area contributed by atoms with Crippen LogP contribution in [-0.4, -0.2) is 28.5 Å². The average molecular weight is 334 g/mol. The Kier molecular flexibility index (Phi) is 4.01. The number of hydrogen-bond donors (Lipinski definition) is 2. The SMILES string of the molecule is CC(C(=O)Nc1cccc(-c2nc3ccccc3n2C)c1)C1CNC1. The number of anilines is 1. The molecule has 1 unspecified atom stereocenters. The summed E-state index contributed by atoms with van der Waals surface area (Å²) in [6.07, 6.45) is 0. The van der Waals surface area contributed by atoms with Crippen molar-refractivity contribution in [1.82, 2.24) is 14.9 Å². The number of nitrogens with zero attached hydrogens (tertiary/aromatic N) is 2. The van der Waals surface area contributed by atoms with E-state index in [4.69, 9.17) is 4.98 Å². The molecular formula is C20H22N4O. The zero-order valence-electron chi connectivity index (χ0n) is 14.5. The highest BCUT2D eigenvalue weighted by molar-refractivity contribution is 5.93. The third-order valence-corrected chi connectivity index (χ3v) is 5.11. The molecule has 5 nitrogen and oxygen atoms in total. The molecule has 0 aliphatic carbocycles. The van der Waals surface area contributed by atoms with E-state index in [1.165, 1.54) is 0 Å². The van der Waals surface area contributed by atoms with Crippen LogP contribution in [-0.2, 0) is 11.8 Å². The molecule has 0 bridgehead atoms. The first-order valence-electron chi connectivity index (χ1n) is 8.67. The van der Waals surface area contributed by atoms with Gasteiger partial charge in [0.15, 0.2) is 0 Å². The fourth-order valence-electron chi connectivity index (χ4n) is 3.27. The van der Waals surface area contributed by atoms with E-state index in [-0.39, 0.29) is 11.8 Å². The molecule has 25 heavy (non-hydrogen) atoms. The van der Waals surface area contributed by atoms with Gasteiger partial charge < -0.3 is 15.2 Å². The summed E-state index contributed by atoms with van der Waals surface area (Å²) in [5, 5.41) is 6.27. The molecule has 1 aliphatic heterocycles. The number of aromatic nitrogens is 2. The fraction of sp³-hybridized carbons (Fsp3) is 0.300. The zero-order chi connectivity index (χ0) is 17.4. The van der Waals surface area contributed by atoms with Crippen LogP contribution in [0.1, 0.15) is 6.92 Å². The number of carbonyl (C=O) groups excluding carboxylic acids is 1. The van der Waals surface area contributed by atoms with Crippen LogP contribution in [0.2, 0.25) is 0 Å². The Balaban J connectivity index is 1.60. The maximum absolute atomic E-state index is 12.4. The van der Waals surface area contributed by atoms with Gasteiger partial charge in [0.25, 0.3) is 0 Å². The highest BCUT2D eigenvalue weighted by Gasteiger charge is 2.28. The summed E-state index contributed by atoms with van der Waals surface area (Å²) in [7, 11) is 2.02. The van der Waals surface area contributed by atoms with E-state index in [0.717, 1.165) is 41.2 Å². The molecule has 5 heteroatoms. The molecule has 0 saturated carbocycles. The van der Waals surface area contributed by atoms with E-state index in [1.807, 2.05) is 56.4 Å². The Morgan fingerprint density at radius 1 is 1.24 bits per heavy atom. The first kappa shape index (κ1) is 15.8. The first-order valence-corrected chi connectivity index (χ1v) is 8.67. The molecule has 1 fully saturated rings. The maximum Gasteiger partial charge on any atom is 0.227 e. The van der Waals surface area contributed by atoms with Crippen LogP contribution in [0.4, 0.5) is 5.69 Å². The van der Waals surface area contributed by atoms with Crippen LogP contribution in [0.15, 0.2) is 48.5 Å². The second-order valence-electron chi connectivity index (χ2n) is 6.76. The smallest absolute Gasteiger partial charge is 0.227 e. The molecule has 1 saturated heterocycles. The van der Waals surface area contributed by atoms with Crippen LogP contribution < -0.4 is 10.6 Å². The van der Waals surface area contributed by atoms with Crippen molar-refractivity contribution in [2.24, 2.45) is 18.9 Å². The number of fused-ring (bicyclic) bond motifs is 1. The number of benzene rings is 2. The summed E-state index contributed by atoms with van der Waals surface area (Å²) < 4.78 is 2.08. The standard InChI is InChI=1S/C20H22N4O/c1-13(15-11-21-12-15)20(25)22-16-7-5-6-14(10-16)19-23-17-8-3-4-9-18(17)24(19)2/h3-10,13,15,21H,11-12H2,1-2H3,(H,22,25). The molecule has 2 heterocycles. The molecule has 0 spiro atoms. The molecule has 3 aromatic rings. The summed E-state index contributed by atoms with van der Waals surface area (Å²) in [4.78, 5) is 17.2. The van der Waals surface area contributed by atoms with Gasteiger partial charge in [-0.25, -0.2) is 4.98 Å². The monoisotopic (exact) mass is 334 g/mol. The van der Waals surface area contributed by atoms with Crippen LogP contribution in [0.5, 0.6) is 0 Å².